The summed E-state index contributed by atoms with van der Waals surface area (Å²) >= 11 is 11.9. The molecule has 0 aliphatic carbocycles. The first kappa shape index (κ1) is 18.5. The lowest BCUT2D eigenvalue weighted by molar-refractivity contribution is -0.125. The van der Waals surface area contributed by atoms with Crippen molar-refractivity contribution in [2.45, 2.75) is 12.1 Å². The van der Waals surface area contributed by atoms with E-state index in [1.54, 1.807) is 12.1 Å². The minimum Gasteiger partial charge on any atom is -0.387 e. The molecule has 2 atom stereocenters. The van der Waals surface area contributed by atoms with Crippen molar-refractivity contribution in [2.75, 3.05) is 26.3 Å². The lowest BCUT2D eigenvalue weighted by Gasteiger charge is -2.26. The molecule has 0 radical (unpaired) electrons. The summed E-state index contributed by atoms with van der Waals surface area (Å²) in [7, 11) is 0. The maximum atomic E-state index is 11.4. The Balaban J connectivity index is 0.00000220. The third-order valence-electron chi connectivity index (χ3n) is 3.07. The van der Waals surface area contributed by atoms with Gasteiger partial charge in [-0.25, -0.2) is 0 Å². The highest BCUT2D eigenvalue weighted by atomic mass is 35.5. The van der Waals surface area contributed by atoms with Gasteiger partial charge in [-0.1, -0.05) is 29.3 Å². The minimum atomic E-state index is -0.551. The van der Waals surface area contributed by atoms with Crippen LogP contribution in [0.15, 0.2) is 18.2 Å². The Labute approximate surface area is 139 Å². The Morgan fingerprint density at radius 3 is 2.86 bits per heavy atom. The first-order valence-corrected chi connectivity index (χ1v) is 7.05. The van der Waals surface area contributed by atoms with Gasteiger partial charge >= 0.3 is 0 Å². The minimum absolute atomic E-state index is 0. The Morgan fingerprint density at radius 2 is 2.19 bits per heavy atom. The normalized spacial score (nSPS) is 22.0. The van der Waals surface area contributed by atoms with Crippen LogP contribution in [0.4, 0.5) is 0 Å². The molecule has 0 bridgehead atoms. The number of amides is 1. The van der Waals surface area contributed by atoms with Crippen molar-refractivity contribution in [2.24, 2.45) is 0 Å². The molecule has 1 fully saturated rings. The zero-order valence-corrected chi connectivity index (χ0v) is 13.5. The van der Waals surface area contributed by atoms with Crippen LogP contribution in [0.1, 0.15) is 11.7 Å². The predicted molar refractivity (Wildman–Crippen MR) is 84.3 cm³/mol. The van der Waals surface area contributed by atoms with Gasteiger partial charge in [0.05, 0.1) is 22.7 Å². The molecule has 2 rings (SSSR count). The molecular weight excluding hydrogens is 339 g/mol. The summed E-state index contributed by atoms with van der Waals surface area (Å²) in [6, 6.07) is 4.97. The molecule has 1 saturated heterocycles. The number of aliphatic hydroxyl groups excluding tert-OH is 1. The third kappa shape index (κ3) is 4.98. The van der Waals surface area contributed by atoms with E-state index in [0.717, 1.165) is 5.56 Å². The van der Waals surface area contributed by atoms with Gasteiger partial charge in [-0.15, -0.1) is 12.4 Å². The van der Waals surface area contributed by atoms with Crippen LogP contribution in [0, 0.1) is 0 Å². The van der Waals surface area contributed by atoms with E-state index in [1.807, 2.05) is 6.07 Å². The lowest BCUT2D eigenvalue weighted by Crippen LogP contribution is -2.45. The molecule has 0 aromatic heterocycles. The van der Waals surface area contributed by atoms with E-state index < -0.39 is 12.5 Å². The summed E-state index contributed by atoms with van der Waals surface area (Å²) in [4.78, 5) is 11.4. The highest BCUT2D eigenvalue weighted by Crippen LogP contribution is 2.29. The molecule has 1 amide bonds. The van der Waals surface area contributed by atoms with Crippen molar-refractivity contribution in [3.8, 4) is 0 Å². The van der Waals surface area contributed by atoms with Gasteiger partial charge in [0, 0.05) is 13.1 Å². The Kier molecular flexibility index (Phi) is 7.73. The number of benzene rings is 1. The van der Waals surface area contributed by atoms with E-state index in [2.05, 4.69) is 10.6 Å². The summed E-state index contributed by atoms with van der Waals surface area (Å²) in [5.41, 5.74) is 0.839. The summed E-state index contributed by atoms with van der Waals surface area (Å²) in [6.45, 7) is 1.22. The highest BCUT2D eigenvalue weighted by molar-refractivity contribution is 6.42. The van der Waals surface area contributed by atoms with Crippen LogP contribution < -0.4 is 10.6 Å². The van der Waals surface area contributed by atoms with E-state index >= 15 is 0 Å². The van der Waals surface area contributed by atoms with Gasteiger partial charge < -0.3 is 20.5 Å². The number of rotatable bonds is 3. The molecule has 1 aliphatic rings. The standard InChI is InChI=1S/C13H16Cl2N2O3.ClH/c14-9-2-1-8(5-10(9)15)13-11(17-12(19)7-18)6-16-3-4-20-13;/h1-2,5,11,13,16,18H,3-4,6-7H2,(H,17,19);1H/t11-,13+;/m1./s1. The molecule has 118 valence electrons. The van der Waals surface area contributed by atoms with Crippen molar-refractivity contribution >= 4 is 41.5 Å². The molecular formula is C13H17Cl3N2O3. The number of carbonyl (C=O) groups is 1. The third-order valence-corrected chi connectivity index (χ3v) is 3.81. The molecule has 1 aliphatic heterocycles. The number of nitrogens with one attached hydrogen (secondary N) is 2. The summed E-state index contributed by atoms with van der Waals surface area (Å²) in [5.74, 6) is -0.438. The SMILES string of the molecule is Cl.O=C(CO)N[C@@H]1CNCCO[C@H]1c1ccc(Cl)c(Cl)c1. The number of hydrogen-bond acceptors (Lipinski definition) is 4. The molecule has 1 aromatic rings. The molecule has 8 heteroatoms. The summed E-state index contributed by atoms with van der Waals surface area (Å²) in [5, 5.41) is 15.7. The van der Waals surface area contributed by atoms with Gasteiger partial charge in [0.25, 0.3) is 0 Å². The van der Waals surface area contributed by atoms with Crippen LogP contribution >= 0.6 is 35.6 Å². The first-order valence-electron chi connectivity index (χ1n) is 6.29. The molecule has 0 spiro atoms. The molecule has 1 aromatic carbocycles. The van der Waals surface area contributed by atoms with Crippen LogP contribution in [0.3, 0.4) is 0 Å². The van der Waals surface area contributed by atoms with Gasteiger partial charge in [-0.2, -0.15) is 0 Å². The maximum absolute atomic E-state index is 11.4. The zero-order chi connectivity index (χ0) is 14.5. The van der Waals surface area contributed by atoms with Crippen LogP contribution in [0.2, 0.25) is 10.0 Å². The predicted octanol–water partition coefficient (Wildman–Crippen LogP) is 1.55. The average Bonchev–Trinajstić information content (AvgIpc) is 2.67. The number of hydrogen-bond donors (Lipinski definition) is 3. The zero-order valence-electron chi connectivity index (χ0n) is 11.1. The van der Waals surface area contributed by atoms with Crippen molar-refractivity contribution < 1.29 is 14.6 Å². The van der Waals surface area contributed by atoms with Crippen molar-refractivity contribution in [3.63, 3.8) is 0 Å². The van der Waals surface area contributed by atoms with E-state index in [-0.39, 0.29) is 24.6 Å². The summed E-state index contributed by atoms with van der Waals surface area (Å²) in [6.07, 6.45) is -0.338. The van der Waals surface area contributed by atoms with Crippen LogP contribution in [-0.4, -0.2) is 43.4 Å². The second-order valence-electron chi connectivity index (χ2n) is 4.50. The van der Waals surface area contributed by atoms with E-state index in [1.165, 1.54) is 0 Å². The fourth-order valence-corrected chi connectivity index (χ4v) is 2.44. The van der Waals surface area contributed by atoms with Gasteiger partial charge in [-0.05, 0) is 17.7 Å². The Bertz CT molecular complexity index is 488. The number of halogens is 3. The van der Waals surface area contributed by atoms with Crippen LogP contribution in [0.5, 0.6) is 0 Å². The van der Waals surface area contributed by atoms with E-state index in [9.17, 15) is 4.79 Å². The van der Waals surface area contributed by atoms with E-state index in [0.29, 0.717) is 29.7 Å². The topological polar surface area (TPSA) is 70.6 Å². The van der Waals surface area contributed by atoms with Crippen LogP contribution in [-0.2, 0) is 9.53 Å². The van der Waals surface area contributed by atoms with Crippen molar-refractivity contribution in [1.29, 1.82) is 0 Å². The van der Waals surface area contributed by atoms with Crippen molar-refractivity contribution in [3.05, 3.63) is 33.8 Å². The molecule has 1 heterocycles. The quantitative estimate of drug-likeness (QED) is 0.769. The smallest absolute Gasteiger partial charge is 0.246 e. The lowest BCUT2D eigenvalue weighted by atomic mass is 10.0. The first-order chi connectivity index (χ1) is 9.61. The van der Waals surface area contributed by atoms with E-state index in [4.69, 9.17) is 33.0 Å². The molecule has 3 N–H and O–H groups in total. The second kappa shape index (κ2) is 8.78. The molecule has 0 saturated carbocycles. The van der Waals surface area contributed by atoms with Gasteiger partial charge in [0.1, 0.15) is 12.7 Å². The summed E-state index contributed by atoms with van der Waals surface area (Å²) < 4.78 is 5.78. The number of aliphatic hydroxyl groups is 1. The van der Waals surface area contributed by atoms with Gasteiger partial charge in [-0.3, -0.25) is 4.79 Å². The van der Waals surface area contributed by atoms with Crippen molar-refractivity contribution in [1.82, 2.24) is 10.6 Å². The fraction of sp³-hybridized carbons (Fsp3) is 0.462. The Hall–Kier alpha value is -0.560. The number of carbonyl (C=O) groups excluding carboxylic acids is 1. The highest BCUT2D eigenvalue weighted by Gasteiger charge is 2.27. The van der Waals surface area contributed by atoms with Crippen LogP contribution in [0.25, 0.3) is 0 Å². The Morgan fingerprint density at radius 1 is 1.43 bits per heavy atom. The largest absolute Gasteiger partial charge is 0.387 e. The second-order valence-corrected chi connectivity index (χ2v) is 5.32. The molecule has 5 nitrogen and oxygen atoms in total. The van der Waals surface area contributed by atoms with Gasteiger partial charge in [0.15, 0.2) is 0 Å². The van der Waals surface area contributed by atoms with Gasteiger partial charge in [0.2, 0.25) is 5.91 Å². The molecule has 0 unspecified atom stereocenters. The molecule has 21 heavy (non-hydrogen) atoms. The monoisotopic (exact) mass is 354 g/mol. The fourth-order valence-electron chi connectivity index (χ4n) is 2.14. The average molecular weight is 356 g/mol. The number of ether oxygens (including phenoxy) is 1. The maximum Gasteiger partial charge on any atom is 0.246 e.